The van der Waals surface area contributed by atoms with E-state index in [2.05, 4.69) is 30.4 Å². The summed E-state index contributed by atoms with van der Waals surface area (Å²) in [6.07, 6.45) is 1.02. The van der Waals surface area contributed by atoms with Gasteiger partial charge in [0, 0.05) is 5.02 Å². The maximum absolute atomic E-state index is 5.95. The van der Waals surface area contributed by atoms with E-state index < -0.39 is 0 Å². The van der Waals surface area contributed by atoms with Crippen LogP contribution in [0.2, 0.25) is 5.02 Å². The quantitative estimate of drug-likeness (QED) is 0.776. The van der Waals surface area contributed by atoms with Crippen LogP contribution in [0, 0.1) is 0 Å². The topological polar surface area (TPSA) is 21.3 Å². The molecule has 2 rings (SSSR count). The SMILES string of the molecule is CCNCCc1ccccc1COc1cccc(Cl)c1. The smallest absolute Gasteiger partial charge is 0.121 e. The summed E-state index contributed by atoms with van der Waals surface area (Å²) in [4.78, 5) is 0. The van der Waals surface area contributed by atoms with Crippen LogP contribution in [0.1, 0.15) is 18.1 Å². The highest BCUT2D eigenvalue weighted by atomic mass is 35.5. The lowest BCUT2D eigenvalue weighted by atomic mass is 10.1. The van der Waals surface area contributed by atoms with Crippen molar-refractivity contribution in [1.29, 1.82) is 0 Å². The molecule has 0 bridgehead atoms. The summed E-state index contributed by atoms with van der Waals surface area (Å²) >= 11 is 5.95. The second kappa shape index (κ2) is 7.93. The number of hydrogen-bond donors (Lipinski definition) is 1. The molecule has 0 saturated carbocycles. The van der Waals surface area contributed by atoms with Crippen LogP contribution in [-0.2, 0) is 13.0 Å². The summed E-state index contributed by atoms with van der Waals surface area (Å²) in [6, 6.07) is 15.9. The van der Waals surface area contributed by atoms with Gasteiger partial charge in [-0.25, -0.2) is 0 Å². The summed E-state index contributed by atoms with van der Waals surface area (Å²) in [5.41, 5.74) is 2.56. The molecule has 0 heterocycles. The Bertz CT molecular complexity index is 542. The van der Waals surface area contributed by atoms with Crippen LogP contribution in [0.3, 0.4) is 0 Å². The second-order valence-corrected chi connectivity index (χ2v) is 5.05. The molecule has 20 heavy (non-hydrogen) atoms. The first-order valence-electron chi connectivity index (χ1n) is 6.95. The summed E-state index contributed by atoms with van der Waals surface area (Å²) in [6.45, 7) is 4.68. The molecular formula is C17H20ClNO. The molecule has 0 saturated heterocycles. The van der Waals surface area contributed by atoms with Crippen molar-refractivity contribution in [2.24, 2.45) is 0 Å². The van der Waals surface area contributed by atoms with Crippen molar-refractivity contribution in [3.05, 3.63) is 64.7 Å². The second-order valence-electron chi connectivity index (χ2n) is 4.62. The number of nitrogens with one attached hydrogen (secondary N) is 1. The van der Waals surface area contributed by atoms with Crippen LogP contribution in [0.15, 0.2) is 48.5 Å². The van der Waals surface area contributed by atoms with Gasteiger partial charge in [0.25, 0.3) is 0 Å². The number of likely N-dealkylation sites (N-methyl/N-ethyl adjacent to an activating group) is 1. The fourth-order valence-electron chi connectivity index (χ4n) is 2.06. The van der Waals surface area contributed by atoms with Crippen molar-refractivity contribution in [2.45, 2.75) is 20.0 Å². The van der Waals surface area contributed by atoms with E-state index >= 15 is 0 Å². The number of rotatable bonds is 7. The fraction of sp³-hybridized carbons (Fsp3) is 0.294. The lowest BCUT2D eigenvalue weighted by molar-refractivity contribution is 0.305. The van der Waals surface area contributed by atoms with Crippen molar-refractivity contribution in [3.8, 4) is 5.75 Å². The molecule has 3 heteroatoms. The summed E-state index contributed by atoms with van der Waals surface area (Å²) < 4.78 is 5.81. The van der Waals surface area contributed by atoms with E-state index in [0.29, 0.717) is 11.6 Å². The largest absolute Gasteiger partial charge is 0.489 e. The van der Waals surface area contributed by atoms with Crippen molar-refractivity contribution in [3.63, 3.8) is 0 Å². The van der Waals surface area contributed by atoms with Crippen LogP contribution in [0.4, 0.5) is 0 Å². The molecule has 0 fully saturated rings. The van der Waals surface area contributed by atoms with Gasteiger partial charge in [0.15, 0.2) is 0 Å². The third-order valence-electron chi connectivity index (χ3n) is 3.13. The first-order valence-corrected chi connectivity index (χ1v) is 7.33. The zero-order valence-electron chi connectivity index (χ0n) is 11.7. The maximum atomic E-state index is 5.95. The third-order valence-corrected chi connectivity index (χ3v) is 3.37. The van der Waals surface area contributed by atoms with Crippen molar-refractivity contribution in [2.75, 3.05) is 13.1 Å². The normalized spacial score (nSPS) is 10.5. The predicted molar refractivity (Wildman–Crippen MR) is 84.5 cm³/mol. The minimum Gasteiger partial charge on any atom is -0.489 e. The van der Waals surface area contributed by atoms with E-state index in [0.717, 1.165) is 25.3 Å². The lowest BCUT2D eigenvalue weighted by Gasteiger charge is -2.11. The molecule has 0 unspecified atom stereocenters. The molecule has 2 aromatic rings. The molecule has 0 radical (unpaired) electrons. The van der Waals surface area contributed by atoms with Gasteiger partial charge in [-0.05, 0) is 48.8 Å². The average molecular weight is 290 g/mol. The van der Waals surface area contributed by atoms with Crippen LogP contribution in [0.25, 0.3) is 0 Å². The van der Waals surface area contributed by atoms with Crippen LogP contribution >= 0.6 is 11.6 Å². The van der Waals surface area contributed by atoms with Crippen molar-refractivity contribution in [1.82, 2.24) is 5.32 Å². The Morgan fingerprint density at radius 1 is 1.05 bits per heavy atom. The zero-order valence-corrected chi connectivity index (χ0v) is 12.5. The Morgan fingerprint density at radius 2 is 1.85 bits per heavy atom. The Hall–Kier alpha value is -1.51. The molecule has 0 aliphatic carbocycles. The molecule has 1 N–H and O–H groups in total. The summed E-state index contributed by atoms with van der Waals surface area (Å²) in [5, 5.41) is 4.04. The van der Waals surface area contributed by atoms with Gasteiger partial charge in [-0.1, -0.05) is 48.9 Å². The molecule has 0 spiro atoms. The highest BCUT2D eigenvalue weighted by Crippen LogP contribution is 2.19. The minimum atomic E-state index is 0.572. The molecule has 0 aliphatic heterocycles. The van der Waals surface area contributed by atoms with Gasteiger partial charge < -0.3 is 10.1 Å². The fourth-order valence-corrected chi connectivity index (χ4v) is 2.24. The molecule has 0 atom stereocenters. The van der Waals surface area contributed by atoms with Gasteiger partial charge in [0.1, 0.15) is 12.4 Å². The molecule has 2 aromatic carbocycles. The number of hydrogen-bond acceptors (Lipinski definition) is 2. The average Bonchev–Trinajstić information content (AvgIpc) is 2.47. The Kier molecular flexibility index (Phi) is 5.90. The number of benzene rings is 2. The van der Waals surface area contributed by atoms with E-state index in [1.807, 2.05) is 30.3 Å². The highest BCUT2D eigenvalue weighted by molar-refractivity contribution is 6.30. The molecule has 0 amide bonds. The number of halogens is 1. The van der Waals surface area contributed by atoms with Gasteiger partial charge in [0.05, 0.1) is 0 Å². The first kappa shape index (κ1) is 14.9. The predicted octanol–water partition coefficient (Wildman–Crippen LogP) is 4.07. The van der Waals surface area contributed by atoms with Gasteiger partial charge in [0.2, 0.25) is 0 Å². The van der Waals surface area contributed by atoms with E-state index in [1.54, 1.807) is 0 Å². The van der Waals surface area contributed by atoms with Gasteiger partial charge in [-0.15, -0.1) is 0 Å². The van der Waals surface area contributed by atoms with E-state index in [4.69, 9.17) is 16.3 Å². The Labute approximate surface area is 125 Å². The molecule has 0 aliphatic rings. The van der Waals surface area contributed by atoms with E-state index in [1.165, 1.54) is 11.1 Å². The zero-order chi connectivity index (χ0) is 14.2. The molecule has 106 valence electrons. The Morgan fingerprint density at radius 3 is 2.60 bits per heavy atom. The van der Waals surface area contributed by atoms with Crippen LogP contribution in [-0.4, -0.2) is 13.1 Å². The molecular weight excluding hydrogens is 270 g/mol. The van der Waals surface area contributed by atoms with Crippen LogP contribution in [0.5, 0.6) is 5.75 Å². The van der Waals surface area contributed by atoms with Gasteiger partial charge in [-0.3, -0.25) is 0 Å². The highest BCUT2D eigenvalue weighted by Gasteiger charge is 2.03. The molecule has 2 nitrogen and oxygen atoms in total. The Balaban J connectivity index is 1.98. The monoisotopic (exact) mass is 289 g/mol. The summed E-state index contributed by atoms with van der Waals surface area (Å²) in [5.74, 6) is 0.805. The first-order chi connectivity index (χ1) is 9.79. The molecule has 0 aromatic heterocycles. The van der Waals surface area contributed by atoms with Gasteiger partial charge in [-0.2, -0.15) is 0 Å². The lowest BCUT2D eigenvalue weighted by Crippen LogP contribution is -2.17. The van der Waals surface area contributed by atoms with Gasteiger partial charge >= 0.3 is 0 Å². The minimum absolute atomic E-state index is 0.572. The van der Waals surface area contributed by atoms with E-state index in [-0.39, 0.29) is 0 Å². The number of ether oxygens (including phenoxy) is 1. The van der Waals surface area contributed by atoms with Crippen LogP contribution < -0.4 is 10.1 Å². The third kappa shape index (κ3) is 4.55. The maximum Gasteiger partial charge on any atom is 0.121 e. The van der Waals surface area contributed by atoms with E-state index in [9.17, 15) is 0 Å². The standard InChI is InChI=1S/C17H20ClNO/c1-2-19-11-10-14-6-3-4-7-15(14)13-20-17-9-5-8-16(18)12-17/h3-9,12,19H,2,10-11,13H2,1H3. The van der Waals surface area contributed by atoms with Crippen molar-refractivity contribution < 1.29 is 4.74 Å². The summed E-state index contributed by atoms with van der Waals surface area (Å²) in [7, 11) is 0. The van der Waals surface area contributed by atoms with Crippen molar-refractivity contribution >= 4 is 11.6 Å².